The minimum absolute atomic E-state index is 0.170. The highest BCUT2D eigenvalue weighted by atomic mass is 19.1. The zero-order chi connectivity index (χ0) is 23.1. The van der Waals surface area contributed by atoms with Crippen LogP contribution in [0.15, 0.2) is 35.5 Å². The first-order valence-electron chi connectivity index (χ1n) is 10.8. The van der Waals surface area contributed by atoms with E-state index in [9.17, 15) is 9.90 Å². The number of rotatable bonds is 4. The number of carbonyl (C=O) groups is 1. The molecule has 1 aromatic carbocycles. The van der Waals surface area contributed by atoms with E-state index in [1.165, 1.54) is 17.0 Å². The number of carboxylic acid groups (broad SMARTS) is 1. The Bertz CT molecular complexity index is 1250. The number of aromatic nitrogens is 2. The molecule has 1 fully saturated rings. The van der Waals surface area contributed by atoms with Crippen LogP contribution in [0.25, 0.3) is 16.9 Å². The largest absolute Gasteiger partial charge is 0.465 e. The minimum Gasteiger partial charge on any atom is -0.465 e. The van der Waals surface area contributed by atoms with Gasteiger partial charge < -0.3 is 24.5 Å². The van der Waals surface area contributed by atoms with Crippen LogP contribution in [0.5, 0.6) is 0 Å². The second-order valence-electron chi connectivity index (χ2n) is 8.24. The molecule has 0 bridgehead atoms. The van der Waals surface area contributed by atoms with Gasteiger partial charge in [0, 0.05) is 31.3 Å². The first kappa shape index (κ1) is 21.3. The van der Waals surface area contributed by atoms with Crippen molar-refractivity contribution in [3.8, 4) is 11.3 Å². The highest BCUT2D eigenvalue weighted by Crippen LogP contribution is 2.32. The van der Waals surface area contributed by atoms with Gasteiger partial charge in [-0.05, 0) is 36.8 Å². The summed E-state index contributed by atoms with van der Waals surface area (Å²) in [6, 6.07) is 6.24. The van der Waals surface area contributed by atoms with Crippen LogP contribution in [0, 0.1) is 18.6 Å². The molecule has 3 aromatic rings. The summed E-state index contributed by atoms with van der Waals surface area (Å²) in [7, 11) is 0. The number of hydrogen-bond acceptors (Lipinski definition) is 5. The van der Waals surface area contributed by atoms with Crippen molar-refractivity contribution in [2.24, 2.45) is 4.99 Å². The van der Waals surface area contributed by atoms with Gasteiger partial charge in [-0.1, -0.05) is 0 Å². The summed E-state index contributed by atoms with van der Waals surface area (Å²) in [5.41, 5.74) is 2.37. The maximum absolute atomic E-state index is 15.3. The Balaban J connectivity index is 1.59. The van der Waals surface area contributed by atoms with E-state index in [0.29, 0.717) is 35.8 Å². The van der Waals surface area contributed by atoms with Crippen molar-refractivity contribution in [3.63, 3.8) is 0 Å². The van der Waals surface area contributed by atoms with E-state index in [2.05, 4.69) is 15.3 Å². The van der Waals surface area contributed by atoms with Gasteiger partial charge in [-0.2, -0.15) is 0 Å². The van der Waals surface area contributed by atoms with Crippen LogP contribution in [0.4, 0.5) is 13.6 Å². The first-order chi connectivity index (χ1) is 15.9. The van der Waals surface area contributed by atoms with E-state index in [1.807, 2.05) is 19.1 Å². The standard InChI is InChI=1S/C23H23F2N5O3/c1-13-2-5-30-18(11-15-12-29(23(31)32)6-7-33-15)21(28-19(30)8-13)20-16(24)9-14(10-17(20)25)22-26-3-4-27-22/h2,5,8-10,15H,3-4,6-7,11-12H2,1H3,(H,26,27)(H,31,32)/t15-/m0/s1. The average Bonchev–Trinajstić information content (AvgIpc) is 3.42. The summed E-state index contributed by atoms with van der Waals surface area (Å²) in [4.78, 5) is 21.5. The topological polar surface area (TPSA) is 91.5 Å². The Morgan fingerprint density at radius 3 is 2.79 bits per heavy atom. The van der Waals surface area contributed by atoms with Crippen LogP contribution in [0.2, 0.25) is 0 Å². The van der Waals surface area contributed by atoms with Crippen molar-refractivity contribution in [1.29, 1.82) is 0 Å². The molecule has 1 atom stereocenters. The molecule has 4 heterocycles. The number of imidazole rings is 1. The van der Waals surface area contributed by atoms with E-state index in [0.717, 1.165) is 5.56 Å². The van der Waals surface area contributed by atoms with Gasteiger partial charge in [-0.3, -0.25) is 4.99 Å². The maximum atomic E-state index is 15.3. The third kappa shape index (κ3) is 4.02. The molecule has 2 aliphatic rings. The molecule has 2 aromatic heterocycles. The summed E-state index contributed by atoms with van der Waals surface area (Å²) in [5.74, 6) is -1.01. The van der Waals surface area contributed by atoms with Gasteiger partial charge >= 0.3 is 6.09 Å². The van der Waals surface area contributed by atoms with Crippen molar-refractivity contribution in [3.05, 3.63) is 58.9 Å². The first-order valence-corrected chi connectivity index (χ1v) is 10.8. The zero-order valence-electron chi connectivity index (χ0n) is 18.0. The summed E-state index contributed by atoms with van der Waals surface area (Å²) in [6.45, 7) is 3.82. The van der Waals surface area contributed by atoms with Crippen molar-refractivity contribution < 1.29 is 23.4 Å². The number of pyridine rings is 1. The van der Waals surface area contributed by atoms with Gasteiger partial charge in [0.15, 0.2) is 0 Å². The van der Waals surface area contributed by atoms with E-state index in [-0.39, 0.29) is 37.4 Å². The lowest BCUT2D eigenvalue weighted by Crippen LogP contribution is -2.45. The van der Waals surface area contributed by atoms with E-state index < -0.39 is 23.8 Å². The number of benzene rings is 1. The SMILES string of the molecule is Cc1ccn2c(C[C@H]3CN(C(=O)O)CCO3)c(-c3c(F)cc(C4=NCCN4)cc3F)nc2c1. The molecule has 0 spiro atoms. The quantitative estimate of drug-likeness (QED) is 0.631. The van der Waals surface area contributed by atoms with Crippen LogP contribution in [-0.2, 0) is 11.2 Å². The normalized spacial score (nSPS) is 18.5. The monoisotopic (exact) mass is 455 g/mol. The van der Waals surface area contributed by atoms with Crippen LogP contribution >= 0.6 is 0 Å². The van der Waals surface area contributed by atoms with E-state index in [1.54, 1.807) is 10.6 Å². The fraction of sp³-hybridized carbons (Fsp3) is 0.348. The molecular formula is C23H23F2N5O3. The van der Waals surface area contributed by atoms with Crippen molar-refractivity contribution in [2.45, 2.75) is 19.4 Å². The van der Waals surface area contributed by atoms with Crippen LogP contribution in [0.3, 0.4) is 0 Å². The van der Waals surface area contributed by atoms with E-state index in [4.69, 9.17) is 4.74 Å². The molecule has 33 heavy (non-hydrogen) atoms. The van der Waals surface area contributed by atoms with Gasteiger partial charge in [0.2, 0.25) is 0 Å². The number of amides is 1. The number of aliphatic imine (C=N–C) groups is 1. The number of amidine groups is 1. The lowest BCUT2D eigenvalue weighted by molar-refractivity contribution is -0.0214. The molecule has 8 nitrogen and oxygen atoms in total. The molecule has 0 saturated carbocycles. The maximum Gasteiger partial charge on any atom is 0.407 e. The molecule has 0 radical (unpaired) electrons. The number of ether oxygens (including phenoxy) is 1. The second-order valence-corrected chi connectivity index (χ2v) is 8.24. The summed E-state index contributed by atoms with van der Waals surface area (Å²) >= 11 is 0. The number of halogens is 2. The predicted molar refractivity (Wildman–Crippen MR) is 118 cm³/mol. The molecular weight excluding hydrogens is 432 g/mol. The van der Waals surface area contributed by atoms with Gasteiger partial charge in [0.05, 0.1) is 42.8 Å². The molecule has 1 saturated heterocycles. The van der Waals surface area contributed by atoms with Gasteiger partial charge in [0.1, 0.15) is 23.1 Å². The van der Waals surface area contributed by atoms with Gasteiger partial charge in [-0.15, -0.1) is 0 Å². The Morgan fingerprint density at radius 2 is 2.09 bits per heavy atom. The molecule has 1 amide bonds. The van der Waals surface area contributed by atoms with Crippen LogP contribution in [-0.4, -0.2) is 70.2 Å². The molecule has 0 aliphatic carbocycles. The molecule has 172 valence electrons. The molecule has 0 unspecified atom stereocenters. The fourth-order valence-electron chi connectivity index (χ4n) is 4.35. The molecule has 10 heteroatoms. The summed E-state index contributed by atoms with van der Waals surface area (Å²) in [6.07, 6.45) is 0.569. The number of fused-ring (bicyclic) bond motifs is 1. The number of hydrogen-bond donors (Lipinski definition) is 2. The van der Waals surface area contributed by atoms with Gasteiger partial charge in [-0.25, -0.2) is 18.6 Å². The number of nitrogens with zero attached hydrogens (tertiary/aromatic N) is 4. The lowest BCUT2D eigenvalue weighted by Gasteiger charge is -2.31. The minimum atomic E-state index is -1.02. The Kier molecular flexibility index (Phi) is 5.45. The summed E-state index contributed by atoms with van der Waals surface area (Å²) < 4.78 is 38.2. The second kappa shape index (κ2) is 8.43. The van der Waals surface area contributed by atoms with Crippen LogP contribution < -0.4 is 5.32 Å². The zero-order valence-corrected chi connectivity index (χ0v) is 18.0. The highest BCUT2D eigenvalue weighted by molar-refractivity contribution is 6.00. The third-order valence-corrected chi connectivity index (χ3v) is 5.94. The third-order valence-electron chi connectivity index (χ3n) is 5.94. The molecule has 2 N–H and O–H groups in total. The number of aryl methyl sites for hydroxylation is 1. The number of nitrogens with one attached hydrogen (secondary N) is 1. The van der Waals surface area contributed by atoms with Crippen molar-refractivity contribution in [2.75, 3.05) is 32.8 Å². The fourth-order valence-corrected chi connectivity index (χ4v) is 4.35. The van der Waals surface area contributed by atoms with Gasteiger partial charge in [0.25, 0.3) is 0 Å². The Hall–Kier alpha value is -3.53. The average molecular weight is 455 g/mol. The van der Waals surface area contributed by atoms with E-state index >= 15 is 8.78 Å². The van der Waals surface area contributed by atoms with Crippen molar-refractivity contribution in [1.82, 2.24) is 19.6 Å². The predicted octanol–water partition coefficient (Wildman–Crippen LogP) is 2.86. The molecule has 5 rings (SSSR count). The number of morpholine rings is 1. The summed E-state index contributed by atoms with van der Waals surface area (Å²) in [5, 5.41) is 12.4. The highest BCUT2D eigenvalue weighted by Gasteiger charge is 2.29. The van der Waals surface area contributed by atoms with Crippen molar-refractivity contribution >= 4 is 17.6 Å². The van der Waals surface area contributed by atoms with Crippen LogP contribution in [0.1, 0.15) is 16.8 Å². The lowest BCUT2D eigenvalue weighted by atomic mass is 10.0. The Morgan fingerprint density at radius 1 is 1.30 bits per heavy atom. The Labute approximate surface area is 188 Å². The smallest absolute Gasteiger partial charge is 0.407 e. The molecule has 2 aliphatic heterocycles.